The molecule has 0 aliphatic heterocycles. The van der Waals surface area contributed by atoms with Gasteiger partial charge in [0.05, 0.1) is 0 Å². The van der Waals surface area contributed by atoms with Gasteiger partial charge >= 0.3 is 0 Å². The first-order valence-corrected chi connectivity index (χ1v) is 6.10. The van der Waals surface area contributed by atoms with Gasteiger partial charge < -0.3 is 5.73 Å². The summed E-state index contributed by atoms with van der Waals surface area (Å²) in [7, 11) is 0. The van der Waals surface area contributed by atoms with Crippen LogP contribution < -0.4 is 5.73 Å². The summed E-state index contributed by atoms with van der Waals surface area (Å²) >= 11 is 5.82. The molecule has 0 spiro atoms. The second kappa shape index (κ2) is 5.81. The predicted molar refractivity (Wildman–Crippen MR) is 68.4 cm³/mol. The van der Waals surface area contributed by atoms with Crippen LogP contribution in [0, 0.1) is 23.3 Å². The SMILES string of the molecule is NC(Cc1ccc(F)cc1Cl)c1c(F)cc(F)cc1F. The van der Waals surface area contributed by atoms with E-state index in [2.05, 4.69) is 0 Å². The Morgan fingerprint density at radius 3 is 2.10 bits per heavy atom. The second-order valence-electron chi connectivity index (χ2n) is 4.33. The summed E-state index contributed by atoms with van der Waals surface area (Å²) < 4.78 is 52.9. The van der Waals surface area contributed by atoms with E-state index in [4.69, 9.17) is 17.3 Å². The number of halogens is 5. The maximum atomic E-state index is 13.6. The summed E-state index contributed by atoms with van der Waals surface area (Å²) in [4.78, 5) is 0. The van der Waals surface area contributed by atoms with Crippen LogP contribution in [0.1, 0.15) is 17.2 Å². The highest BCUT2D eigenvalue weighted by Gasteiger charge is 2.19. The molecule has 2 aromatic rings. The van der Waals surface area contributed by atoms with Crippen molar-refractivity contribution >= 4 is 11.6 Å². The Hall–Kier alpha value is -1.59. The maximum Gasteiger partial charge on any atom is 0.133 e. The highest BCUT2D eigenvalue weighted by molar-refractivity contribution is 6.31. The van der Waals surface area contributed by atoms with Crippen LogP contribution in [0.4, 0.5) is 17.6 Å². The third kappa shape index (κ3) is 3.11. The van der Waals surface area contributed by atoms with Crippen molar-refractivity contribution in [3.05, 3.63) is 69.8 Å². The maximum absolute atomic E-state index is 13.6. The van der Waals surface area contributed by atoms with Gasteiger partial charge in [0.2, 0.25) is 0 Å². The summed E-state index contributed by atoms with van der Waals surface area (Å²) in [5.74, 6) is -3.66. The lowest BCUT2D eigenvalue weighted by molar-refractivity contribution is 0.501. The van der Waals surface area contributed by atoms with Gasteiger partial charge in [-0.1, -0.05) is 17.7 Å². The minimum Gasteiger partial charge on any atom is -0.323 e. The van der Waals surface area contributed by atoms with Crippen molar-refractivity contribution in [1.29, 1.82) is 0 Å². The van der Waals surface area contributed by atoms with Crippen molar-refractivity contribution in [2.45, 2.75) is 12.5 Å². The van der Waals surface area contributed by atoms with E-state index >= 15 is 0 Å². The topological polar surface area (TPSA) is 26.0 Å². The van der Waals surface area contributed by atoms with E-state index in [1.807, 2.05) is 0 Å². The van der Waals surface area contributed by atoms with Crippen LogP contribution >= 0.6 is 11.6 Å². The summed E-state index contributed by atoms with van der Waals surface area (Å²) in [5.41, 5.74) is 5.75. The van der Waals surface area contributed by atoms with Crippen molar-refractivity contribution < 1.29 is 17.6 Å². The van der Waals surface area contributed by atoms with Gasteiger partial charge in [-0.05, 0) is 24.1 Å². The van der Waals surface area contributed by atoms with E-state index < -0.39 is 34.9 Å². The zero-order valence-corrected chi connectivity index (χ0v) is 10.9. The van der Waals surface area contributed by atoms with Crippen LogP contribution in [0.5, 0.6) is 0 Å². The van der Waals surface area contributed by atoms with E-state index in [0.717, 1.165) is 6.07 Å². The fraction of sp³-hybridized carbons (Fsp3) is 0.143. The van der Waals surface area contributed by atoms with Gasteiger partial charge in [0.15, 0.2) is 0 Å². The van der Waals surface area contributed by atoms with Crippen LogP contribution in [0.3, 0.4) is 0 Å². The first-order valence-electron chi connectivity index (χ1n) is 5.72. The second-order valence-corrected chi connectivity index (χ2v) is 4.74. The molecule has 1 unspecified atom stereocenters. The Kier molecular flexibility index (Phi) is 4.30. The van der Waals surface area contributed by atoms with E-state index in [0.29, 0.717) is 17.7 Å². The molecule has 0 saturated carbocycles. The standard InChI is InChI=1S/C14H10ClF4N/c15-10-4-8(16)2-1-7(10)3-13(20)14-11(18)5-9(17)6-12(14)19/h1-2,4-6,13H,3,20H2. The monoisotopic (exact) mass is 303 g/mol. The largest absolute Gasteiger partial charge is 0.323 e. The average Bonchev–Trinajstić information content (AvgIpc) is 2.31. The van der Waals surface area contributed by atoms with Crippen LogP contribution in [0.15, 0.2) is 30.3 Å². The molecule has 0 aliphatic rings. The molecule has 0 bridgehead atoms. The van der Waals surface area contributed by atoms with Gasteiger partial charge in [-0.25, -0.2) is 17.6 Å². The number of benzene rings is 2. The fourth-order valence-corrected chi connectivity index (χ4v) is 2.18. The van der Waals surface area contributed by atoms with Gasteiger partial charge in [0.1, 0.15) is 23.3 Å². The number of hydrogen-bond donors (Lipinski definition) is 1. The molecule has 6 heteroatoms. The third-order valence-electron chi connectivity index (χ3n) is 2.87. The normalized spacial score (nSPS) is 12.5. The van der Waals surface area contributed by atoms with Crippen molar-refractivity contribution in [3.8, 4) is 0 Å². The van der Waals surface area contributed by atoms with E-state index in [1.54, 1.807) is 0 Å². The van der Waals surface area contributed by atoms with Gasteiger partial charge in [-0.2, -0.15) is 0 Å². The van der Waals surface area contributed by atoms with Crippen molar-refractivity contribution in [3.63, 3.8) is 0 Å². The Labute approximate surface area is 118 Å². The molecule has 2 N–H and O–H groups in total. The Morgan fingerprint density at radius 1 is 0.950 bits per heavy atom. The molecular weight excluding hydrogens is 294 g/mol. The van der Waals surface area contributed by atoms with Gasteiger partial charge in [-0.15, -0.1) is 0 Å². The van der Waals surface area contributed by atoms with Gasteiger partial charge in [0, 0.05) is 28.8 Å². The number of rotatable bonds is 3. The Balaban J connectivity index is 2.31. The summed E-state index contributed by atoms with van der Waals surface area (Å²) in [6.45, 7) is 0. The van der Waals surface area contributed by atoms with E-state index in [-0.39, 0.29) is 11.4 Å². The zero-order valence-electron chi connectivity index (χ0n) is 10.1. The third-order valence-corrected chi connectivity index (χ3v) is 3.22. The summed E-state index contributed by atoms with van der Waals surface area (Å²) in [6, 6.07) is 3.71. The molecule has 2 rings (SSSR count). The van der Waals surface area contributed by atoms with Crippen LogP contribution in [0.2, 0.25) is 5.02 Å². The number of hydrogen-bond acceptors (Lipinski definition) is 1. The fourth-order valence-electron chi connectivity index (χ4n) is 1.93. The van der Waals surface area contributed by atoms with E-state index in [1.165, 1.54) is 12.1 Å². The van der Waals surface area contributed by atoms with Gasteiger partial charge in [0.25, 0.3) is 0 Å². The average molecular weight is 304 g/mol. The van der Waals surface area contributed by atoms with Crippen LogP contribution in [-0.4, -0.2) is 0 Å². The molecule has 0 fully saturated rings. The van der Waals surface area contributed by atoms with Gasteiger partial charge in [-0.3, -0.25) is 0 Å². The molecule has 0 radical (unpaired) electrons. The van der Waals surface area contributed by atoms with E-state index in [9.17, 15) is 17.6 Å². The zero-order chi connectivity index (χ0) is 14.9. The lowest BCUT2D eigenvalue weighted by atomic mass is 9.98. The minimum atomic E-state index is -1.06. The number of nitrogens with two attached hydrogens (primary N) is 1. The highest BCUT2D eigenvalue weighted by atomic mass is 35.5. The lowest BCUT2D eigenvalue weighted by Gasteiger charge is -2.15. The summed E-state index contributed by atoms with van der Waals surface area (Å²) in [6.07, 6.45) is -0.00140. The van der Waals surface area contributed by atoms with Crippen LogP contribution in [-0.2, 0) is 6.42 Å². The molecule has 20 heavy (non-hydrogen) atoms. The van der Waals surface area contributed by atoms with Crippen molar-refractivity contribution in [2.75, 3.05) is 0 Å². The first-order chi connectivity index (χ1) is 9.38. The molecule has 0 aromatic heterocycles. The summed E-state index contributed by atoms with van der Waals surface area (Å²) in [5, 5.41) is 0.114. The minimum absolute atomic E-state index is 0.00140. The molecule has 1 nitrogen and oxygen atoms in total. The molecule has 0 amide bonds. The molecule has 106 valence electrons. The van der Waals surface area contributed by atoms with Crippen molar-refractivity contribution in [2.24, 2.45) is 5.73 Å². The molecular formula is C14H10ClF4N. The Morgan fingerprint density at radius 2 is 1.55 bits per heavy atom. The molecule has 1 atom stereocenters. The predicted octanol–water partition coefficient (Wildman–Crippen LogP) is 4.14. The molecule has 0 saturated heterocycles. The quantitative estimate of drug-likeness (QED) is 0.847. The molecule has 0 aliphatic carbocycles. The Bertz CT molecular complexity index is 622. The smallest absolute Gasteiger partial charge is 0.133 e. The first kappa shape index (κ1) is 14.8. The van der Waals surface area contributed by atoms with Crippen LogP contribution in [0.25, 0.3) is 0 Å². The molecule has 0 heterocycles. The highest BCUT2D eigenvalue weighted by Crippen LogP contribution is 2.26. The van der Waals surface area contributed by atoms with Crippen molar-refractivity contribution in [1.82, 2.24) is 0 Å². The lowest BCUT2D eigenvalue weighted by Crippen LogP contribution is -2.17. The molecule has 2 aromatic carbocycles.